The number of unbranched alkanes of at least 4 members (excludes halogenated alkanes) is 2. The van der Waals surface area contributed by atoms with Crippen molar-refractivity contribution in [3.8, 4) is 0 Å². The second kappa shape index (κ2) is 7.21. The molecule has 1 atom stereocenters. The Hall–Kier alpha value is -0.290. The van der Waals surface area contributed by atoms with Crippen molar-refractivity contribution in [1.82, 2.24) is 10.2 Å². The molecule has 102 valence electrons. The summed E-state index contributed by atoms with van der Waals surface area (Å²) < 4.78 is 36.5. The lowest BCUT2D eigenvalue weighted by Crippen LogP contribution is -2.33. The van der Waals surface area contributed by atoms with Crippen LogP contribution < -0.4 is 5.32 Å². The second-order valence-corrected chi connectivity index (χ2v) is 4.92. The topological polar surface area (TPSA) is 15.3 Å². The van der Waals surface area contributed by atoms with Crippen molar-refractivity contribution in [2.45, 2.75) is 38.8 Å². The number of likely N-dealkylation sites (tertiary alicyclic amines) is 1. The van der Waals surface area contributed by atoms with Crippen molar-refractivity contribution in [1.29, 1.82) is 0 Å². The second-order valence-electron chi connectivity index (χ2n) is 4.92. The Labute approximate surface area is 102 Å². The third-order valence-electron chi connectivity index (χ3n) is 3.16. The van der Waals surface area contributed by atoms with E-state index < -0.39 is 12.7 Å². The fraction of sp³-hybridized carbons (Fsp3) is 1.00. The molecule has 1 heterocycles. The first kappa shape index (κ1) is 14.8. The van der Waals surface area contributed by atoms with Crippen molar-refractivity contribution in [2.24, 2.45) is 5.92 Å². The van der Waals surface area contributed by atoms with Gasteiger partial charge in [-0.1, -0.05) is 19.8 Å². The number of alkyl halides is 3. The van der Waals surface area contributed by atoms with Crippen LogP contribution in [0.2, 0.25) is 0 Å². The van der Waals surface area contributed by atoms with Gasteiger partial charge in [-0.05, 0) is 38.4 Å². The van der Waals surface area contributed by atoms with Gasteiger partial charge < -0.3 is 5.32 Å². The number of nitrogens with zero attached hydrogens (tertiary/aromatic N) is 1. The van der Waals surface area contributed by atoms with Gasteiger partial charge in [0.15, 0.2) is 0 Å². The van der Waals surface area contributed by atoms with Crippen molar-refractivity contribution in [3.63, 3.8) is 0 Å². The molecule has 0 bridgehead atoms. The van der Waals surface area contributed by atoms with E-state index in [1.165, 1.54) is 17.7 Å². The van der Waals surface area contributed by atoms with Crippen molar-refractivity contribution in [2.75, 3.05) is 32.7 Å². The van der Waals surface area contributed by atoms with E-state index in [0.717, 1.165) is 25.9 Å². The lowest BCUT2D eigenvalue weighted by atomic mass is 10.1. The molecule has 1 aliphatic heterocycles. The van der Waals surface area contributed by atoms with Crippen LogP contribution in [-0.2, 0) is 0 Å². The summed E-state index contributed by atoms with van der Waals surface area (Å²) >= 11 is 0. The molecule has 2 nitrogen and oxygen atoms in total. The van der Waals surface area contributed by atoms with Crippen LogP contribution in [0.4, 0.5) is 13.2 Å². The highest BCUT2D eigenvalue weighted by Crippen LogP contribution is 2.22. The van der Waals surface area contributed by atoms with E-state index in [2.05, 4.69) is 12.2 Å². The number of hydrogen-bond acceptors (Lipinski definition) is 2. The minimum Gasteiger partial charge on any atom is -0.316 e. The summed E-state index contributed by atoms with van der Waals surface area (Å²) in [5.41, 5.74) is 0. The molecule has 0 aromatic rings. The van der Waals surface area contributed by atoms with Gasteiger partial charge in [-0.25, -0.2) is 0 Å². The van der Waals surface area contributed by atoms with Crippen molar-refractivity contribution in [3.05, 3.63) is 0 Å². The quantitative estimate of drug-likeness (QED) is 0.701. The largest absolute Gasteiger partial charge is 0.401 e. The molecule has 1 N–H and O–H groups in total. The molecule has 0 amide bonds. The summed E-state index contributed by atoms with van der Waals surface area (Å²) in [5.74, 6) is 0.388. The first-order chi connectivity index (χ1) is 8.01. The summed E-state index contributed by atoms with van der Waals surface area (Å²) in [6.07, 6.45) is 0.415. The van der Waals surface area contributed by atoms with E-state index in [1.54, 1.807) is 0 Å². The number of hydrogen-bond donors (Lipinski definition) is 1. The summed E-state index contributed by atoms with van der Waals surface area (Å²) in [7, 11) is 0. The molecule has 0 spiro atoms. The van der Waals surface area contributed by atoms with Crippen LogP contribution in [0.3, 0.4) is 0 Å². The molecular formula is C12H23F3N2. The first-order valence-electron chi connectivity index (χ1n) is 6.51. The average molecular weight is 252 g/mol. The highest BCUT2D eigenvalue weighted by atomic mass is 19.4. The molecule has 0 radical (unpaired) electrons. The normalized spacial score (nSPS) is 22.2. The van der Waals surface area contributed by atoms with Crippen LogP contribution in [-0.4, -0.2) is 43.8 Å². The van der Waals surface area contributed by atoms with Crippen LogP contribution in [0.25, 0.3) is 0 Å². The lowest BCUT2D eigenvalue weighted by molar-refractivity contribution is -0.143. The summed E-state index contributed by atoms with van der Waals surface area (Å²) in [6, 6.07) is 0. The third-order valence-corrected chi connectivity index (χ3v) is 3.16. The molecular weight excluding hydrogens is 229 g/mol. The maximum atomic E-state index is 12.2. The van der Waals surface area contributed by atoms with E-state index in [-0.39, 0.29) is 0 Å². The number of halogens is 3. The number of nitrogens with one attached hydrogen (secondary N) is 1. The Morgan fingerprint density at radius 1 is 1.29 bits per heavy atom. The van der Waals surface area contributed by atoms with E-state index in [1.807, 2.05) is 0 Å². The van der Waals surface area contributed by atoms with E-state index in [9.17, 15) is 13.2 Å². The average Bonchev–Trinajstić information content (AvgIpc) is 2.63. The van der Waals surface area contributed by atoms with Crippen LogP contribution in [0.5, 0.6) is 0 Å². The predicted molar refractivity (Wildman–Crippen MR) is 63.0 cm³/mol. The van der Waals surface area contributed by atoms with Crippen LogP contribution in [0.1, 0.15) is 32.6 Å². The molecule has 1 saturated heterocycles. The zero-order valence-electron chi connectivity index (χ0n) is 10.5. The highest BCUT2D eigenvalue weighted by molar-refractivity contribution is 4.78. The molecule has 1 aliphatic rings. The molecule has 1 unspecified atom stereocenters. The Kier molecular flexibility index (Phi) is 6.27. The molecule has 5 heteroatoms. The standard InChI is InChI=1S/C12H23F3N2/c1-2-3-4-6-16-8-11-5-7-17(9-11)10-12(13,14)15/h11,16H,2-10H2,1H3. The van der Waals surface area contributed by atoms with Crippen LogP contribution >= 0.6 is 0 Å². The van der Waals surface area contributed by atoms with Gasteiger partial charge >= 0.3 is 6.18 Å². The Morgan fingerprint density at radius 3 is 2.71 bits per heavy atom. The van der Waals surface area contributed by atoms with Crippen molar-refractivity contribution < 1.29 is 13.2 Å². The van der Waals surface area contributed by atoms with Gasteiger partial charge in [-0.15, -0.1) is 0 Å². The Bertz CT molecular complexity index is 206. The lowest BCUT2D eigenvalue weighted by Gasteiger charge is -2.18. The monoisotopic (exact) mass is 252 g/mol. The van der Waals surface area contributed by atoms with Crippen LogP contribution in [0.15, 0.2) is 0 Å². The maximum absolute atomic E-state index is 12.2. The minimum absolute atomic E-state index is 0.388. The van der Waals surface area contributed by atoms with E-state index in [0.29, 0.717) is 19.0 Å². The third kappa shape index (κ3) is 6.88. The maximum Gasteiger partial charge on any atom is 0.401 e. The Balaban J connectivity index is 2.05. The van der Waals surface area contributed by atoms with Gasteiger partial charge in [-0.2, -0.15) is 13.2 Å². The molecule has 0 aliphatic carbocycles. The smallest absolute Gasteiger partial charge is 0.316 e. The highest BCUT2D eigenvalue weighted by Gasteiger charge is 2.34. The first-order valence-corrected chi connectivity index (χ1v) is 6.51. The van der Waals surface area contributed by atoms with Gasteiger partial charge in [0.05, 0.1) is 6.54 Å². The molecule has 17 heavy (non-hydrogen) atoms. The summed E-state index contributed by atoms with van der Waals surface area (Å²) in [4.78, 5) is 1.51. The van der Waals surface area contributed by atoms with Gasteiger partial charge in [-0.3, -0.25) is 4.90 Å². The fourth-order valence-electron chi connectivity index (χ4n) is 2.28. The molecule has 0 aromatic carbocycles. The molecule has 1 fully saturated rings. The van der Waals surface area contributed by atoms with Gasteiger partial charge in [0, 0.05) is 6.54 Å². The number of rotatable bonds is 7. The van der Waals surface area contributed by atoms with Gasteiger partial charge in [0.25, 0.3) is 0 Å². The zero-order valence-corrected chi connectivity index (χ0v) is 10.5. The summed E-state index contributed by atoms with van der Waals surface area (Å²) in [6.45, 7) is 4.42. The van der Waals surface area contributed by atoms with Crippen LogP contribution in [0, 0.1) is 5.92 Å². The molecule has 0 aromatic heterocycles. The molecule has 0 saturated carbocycles. The van der Waals surface area contributed by atoms with Gasteiger partial charge in [0.1, 0.15) is 0 Å². The van der Waals surface area contributed by atoms with Gasteiger partial charge in [0.2, 0.25) is 0 Å². The summed E-state index contributed by atoms with van der Waals surface area (Å²) in [5, 5.41) is 3.34. The SMILES string of the molecule is CCCCCNCC1CCN(CC(F)(F)F)C1. The minimum atomic E-state index is -4.05. The van der Waals surface area contributed by atoms with E-state index >= 15 is 0 Å². The zero-order chi connectivity index (χ0) is 12.7. The predicted octanol–water partition coefficient (Wildman–Crippen LogP) is 2.65. The van der Waals surface area contributed by atoms with E-state index in [4.69, 9.17) is 0 Å². The molecule has 1 rings (SSSR count). The van der Waals surface area contributed by atoms with Crippen molar-refractivity contribution >= 4 is 0 Å². The fourth-order valence-corrected chi connectivity index (χ4v) is 2.28. The Morgan fingerprint density at radius 2 is 2.06 bits per heavy atom.